The monoisotopic (exact) mass is 285 g/mol. The number of nitro groups is 1. The van der Waals surface area contributed by atoms with Crippen molar-refractivity contribution in [2.24, 2.45) is 0 Å². The Morgan fingerprint density at radius 3 is 2.38 bits per heavy atom. The molecule has 2 aromatic rings. The molecule has 106 valence electrons. The molecule has 21 heavy (non-hydrogen) atoms. The number of non-ortho nitro benzene ring substituents is 1. The van der Waals surface area contributed by atoms with Crippen LogP contribution in [-0.2, 0) is 0 Å². The molecular weight excluding hydrogens is 274 g/mol. The van der Waals surface area contributed by atoms with Crippen LogP contribution in [-0.4, -0.2) is 16.0 Å². The smallest absolute Gasteiger partial charge is 0.335 e. The third-order valence-electron chi connectivity index (χ3n) is 3.30. The zero-order chi connectivity index (χ0) is 15.0. The van der Waals surface area contributed by atoms with Crippen LogP contribution in [0.2, 0.25) is 0 Å². The first-order valence-electron chi connectivity index (χ1n) is 6.19. The Labute approximate surface area is 119 Å². The van der Waals surface area contributed by atoms with Crippen LogP contribution in [0.4, 0.5) is 17.1 Å². The summed E-state index contributed by atoms with van der Waals surface area (Å²) in [5.41, 5.74) is 2.55. The number of nitrogens with zero attached hydrogens (tertiary/aromatic N) is 1. The Kier molecular flexibility index (Phi) is 2.94. The van der Waals surface area contributed by atoms with Crippen molar-refractivity contribution < 1.29 is 14.8 Å². The van der Waals surface area contributed by atoms with Gasteiger partial charge in [0.15, 0.2) is 0 Å². The maximum absolute atomic E-state index is 10.9. The maximum Gasteiger partial charge on any atom is 0.335 e. The van der Waals surface area contributed by atoms with Crippen LogP contribution < -0.4 is 10.6 Å². The predicted octanol–water partition coefficient (Wildman–Crippen LogP) is 2.83. The number of rotatable bonds is 3. The number of carbonyl (C=O) groups is 1. The van der Waals surface area contributed by atoms with E-state index >= 15 is 0 Å². The summed E-state index contributed by atoms with van der Waals surface area (Å²) in [6.07, 6.45) is -0.246. The van der Waals surface area contributed by atoms with Gasteiger partial charge >= 0.3 is 5.97 Å². The molecular formula is C14H11N3O4. The topological polar surface area (TPSA) is 104 Å². The van der Waals surface area contributed by atoms with Gasteiger partial charge in [0.2, 0.25) is 0 Å². The molecule has 3 rings (SSSR count). The molecule has 0 spiro atoms. The Morgan fingerprint density at radius 1 is 1.10 bits per heavy atom. The molecule has 0 saturated heterocycles. The lowest BCUT2D eigenvalue weighted by Crippen LogP contribution is -2.11. The molecule has 0 aliphatic carbocycles. The second-order valence-corrected chi connectivity index (χ2v) is 4.64. The maximum atomic E-state index is 10.9. The molecule has 0 amide bonds. The molecule has 7 nitrogen and oxygen atoms in total. The van der Waals surface area contributed by atoms with Crippen LogP contribution in [0.5, 0.6) is 0 Å². The zero-order valence-corrected chi connectivity index (χ0v) is 10.7. The summed E-state index contributed by atoms with van der Waals surface area (Å²) < 4.78 is 0. The van der Waals surface area contributed by atoms with Gasteiger partial charge in [-0.2, -0.15) is 0 Å². The van der Waals surface area contributed by atoms with Crippen molar-refractivity contribution in [3.05, 3.63) is 63.7 Å². The molecule has 0 aromatic heterocycles. The van der Waals surface area contributed by atoms with Gasteiger partial charge in [-0.3, -0.25) is 10.1 Å². The zero-order valence-electron chi connectivity index (χ0n) is 10.7. The van der Waals surface area contributed by atoms with Crippen molar-refractivity contribution in [1.29, 1.82) is 0 Å². The fraction of sp³-hybridized carbons (Fsp3) is 0.0714. The van der Waals surface area contributed by atoms with E-state index in [9.17, 15) is 14.9 Å². The van der Waals surface area contributed by atoms with E-state index in [0.717, 1.165) is 11.3 Å². The highest BCUT2D eigenvalue weighted by Gasteiger charge is 2.22. The van der Waals surface area contributed by atoms with E-state index in [4.69, 9.17) is 5.11 Å². The average Bonchev–Trinajstić information content (AvgIpc) is 2.90. The fourth-order valence-electron chi connectivity index (χ4n) is 2.22. The molecule has 1 heterocycles. The summed E-state index contributed by atoms with van der Waals surface area (Å²) in [6, 6.07) is 11.0. The van der Waals surface area contributed by atoms with Crippen molar-refractivity contribution in [2.75, 3.05) is 10.6 Å². The van der Waals surface area contributed by atoms with E-state index in [1.54, 1.807) is 24.3 Å². The van der Waals surface area contributed by atoms with Crippen LogP contribution in [0.15, 0.2) is 42.5 Å². The van der Waals surface area contributed by atoms with E-state index in [1.165, 1.54) is 18.2 Å². The summed E-state index contributed by atoms with van der Waals surface area (Å²) in [5, 5.41) is 25.9. The third kappa shape index (κ3) is 2.36. The minimum Gasteiger partial charge on any atom is -0.478 e. The first kappa shape index (κ1) is 12.9. The van der Waals surface area contributed by atoms with Crippen LogP contribution in [0, 0.1) is 10.1 Å². The van der Waals surface area contributed by atoms with Gasteiger partial charge in [0.05, 0.1) is 21.9 Å². The molecule has 1 unspecified atom stereocenters. The Hall–Kier alpha value is -3.09. The number of carboxylic acid groups (broad SMARTS) is 1. The van der Waals surface area contributed by atoms with E-state index in [-0.39, 0.29) is 17.4 Å². The van der Waals surface area contributed by atoms with Gasteiger partial charge < -0.3 is 15.7 Å². The van der Waals surface area contributed by atoms with Crippen LogP contribution in [0.3, 0.4) is 0 Å². The lowest BCUT2D eigenvalue weighted by molar-refractivity contribution is -0.384. The number of carboxylic acids is 1. The summed E-state index contributed by atoms with van der Waals surface area (Å²) in [4.78, 5) is 21.1. The van der Waals surface area contributed by atoms with Gasteiger partial charge in [-0.15, -0.1) is 0 Å². The number of hydrogen-bond acceptors (Lipinski definition) is 5. The second kappa shape index (κ2) is 4.78. The number of hydrogen-bond donors (Lipinski definition) is 3. The highest BCUT2D eigenvalue weighted by atomic mass is 16.6. The molecule has 3 N–H and O–H groups in total. The van der Waals surface area contributed by atoms with Crippen molar-refractivity contribution in [3.8, 4) is 0 Å². The first-order chi connectivity index (χ1) is 10.0. The van der Waals surface area contributed by atoms with E-state index < -0.39 is 10.9 Å². The number of anilines is 2. The van der Waals surface area contributed by atoms with Gasteiger partial charge in [0.1, 0.15) is 6.17 Å². The molecule has 1 aliphatic heterocycles. The Bertz CT molecular complexity index is 727. The number of benzene rings is 2. The van der Waals surface area contributed by atoms with Crippen LogP contribution >= 0.6 is 0 Å². The van der Waals surface area contributed by atoms with Crippen molar-refractivity contribution in [2.45, 2.75) is 6.17 Å². The van der Waals surface area contributed by atoms with Crippen LogP contribution in [0.1, 0.15) is 22.1 Å². The number of nitro benzene ring substituents is 1. The average molecular weight is 285 g/mol. The quantitative estimate of drug-likeness (QED) is 0.591. The predicted molar refractivity (Wildman–Crippen MR) is 76.5 cm³/mol. The van der Waals surface area contributed by atoms with Crippen molar-refractivity contribution in [1.82, 2.24) is 0 Å². The Morgan fingerprint density at radius 2 is 1.76 bits per heavy atom. The normalized spacial score (nSPS) is 15.7. The summed E-state index contributed by atoms with van der Waals surface area (Å²) in [7, 11) is 0. The summed E-state index contributed by atoms with van der Waals surface area (Å²) in [5.74, 6) is -0.988. The molecule has 0 radical (unpaired) electrons. The lowest BCUT2D eigenvalue weighted by Gasteiger charge is -2.12. The highest BCUT2D eigenvalue weighted by Crippen LogP contribution is 2.36. The molecule has 7 heteroatoms. The number of nitrogens with one attached hydrogen (secondary N) is 2. The van der Waals surface area contributed by atoms with Gasteiger partial charge in [-0.05, 0) is 35.9 Å². The van der Waals surface area contributed by atoms with Gasteiger partial charge in [-0.1, -0.05) is 0 Å². The molecule has 0 bridgehead atoms. The number of aromatic carboxylic acids is 1. The molecule has 1 atom stereocenters. The van der Waals surface area contributed by atoms with Gasteiger partial charge in [0.25, 0.3) is 5.69 Å². The van der Waals surface area contributed by atoms with Crippen molar-refractivity contribution >= 4 is 23.0 Å². The third-order valence-corrected chi connectivity index (χ3v) is 3.30. The largest absolute Gasteiger partial charge is 0.478 e. The molecule has 2 aromatic carbocycles. The summed E-state index contributed by atoms with van der Waals surface area (Å²) in [6.45, 7) is 0. The minimum absolute atomic E-state index is 0.0300. The van der Waals surface area contributed by atoms with Gasteiger partial charge in [0, 0.05) is 12.1 Å². The highest BCUT2D eigenvalue weighted by molar-refractivity contribution is 5.91. The molecule has 0 saturated carbocycles. The fourth-order valence-corrected chi connectivity index (χ4v) is 2.22. The van der Waals surface area contributed by atoms with E-state index in [0.29, 0.717) is 5.69 Å². The lowest BCUT2D eigenvalue weighted by atomic mass is 10.1. The molecule has 1 aliphatic rings. The summed E-state index contributed by atoms with van der Waals surface area (Å²) >= 11 is 0. The molecule has 0 fully saturated rings. The van der Waals surface area contributed by atoms with Crippen LogP contribution in [0.25, 0.3) is 0 Å². The Balaban J connectivity index is 1.84. The second-order valence-electron chi connectivity index (χ2n) is 4.64. The standard InChI is InChI=1S/C14H11N3O4/c18-14(19)9-3-6-11-12(7-9)16-13(15-11)8-1-4-10(5-2-8)17(20)21/h1-7,13,15-16H,(H,18,19). The van der Waals surface area contributed by atoms with E-state index in [1.807, 2.05) is 0 Å². The van der Waals surface area contributed by atoms with Crippen molar-refractivity contribution in [3.63, 3.8) is 0 Å². The SMILES string of the molecule is O=C(O)c1ccc2c(c1)NC(c1ccc([N+](=O)[O-])cc1)N2. The minimum atomic E-state index is -0.988. The number of fused-ring (bicyclic) bond motifs is 1. The van der Waals surface area contributed by atoms with Gasteiger partial charge in [-0.25, -0.2) is 4.79 Å². The van der Waals surface area contributed by atoms with E-state index in [2.05, 4.69) is 10.6 Å². The first-order valence-corrected chi connectivity index (χ1v) is 6.19.